The highest BCUT2D eigenvalue weighted by Crippen LogP contribution is 2.40. The SMILES string of the molecule is CC(C)c1ccc(N(c2ccccc2)c2ccccc2)c2ccccc12. The van der Waals surface area contributed by atoms with Gasteiger partial charge in [0.15, 0.2) is 0 Å². The van der Waals surface area contributed by atoms with E-state index < -0.39 is 0 Å². The summed E-state index contributed by atoms with van der Waals surface area (Å²) in [5.74, 6) is 0.496. The van der Waals surface area contributed by atoms with E-state index in [4.69, 9.17) is 0 Å². The van der Waals surface area contributed by atoms with Crippen molar-refractivity contribution in [2.24, 2.45) is 0 Å². The van der Waals surface area contributed by atoms with Crippen LogP contribution < -0.4 is 4.90 Å². The second-order valence-corrected chi connectivity index (χ2v) is 6.88. The Morgan fingerprint density at radius 2 is 1.04 bits per heavy atom. The van der Waals surface area contributed by atoms with E-state index in [1.54, 1.807) is 0 Å². The van der Waals surface area contributed by atoms with Gasteiger partial charge in [0.05, 0.1) is 5.69 Å². The molecule has 0 N–H and O–H groups in total. The summed E-state index contributed by atoms with van der Waals surface area (Å²) >= 11 is 0. The Bertz CT molecular complexity index is 964. The standard InChI is InChI=1S/C25H23N/c1-19(2)22-17-18-25(24-16-10-9-15-23(22)24)26(20-11-5-3-6-12-20)21-13-7-4-8-14-21/h3-19H,1-2H3. The van der Waals surface area contributed by atoms with Gasteiger partial charge in [0, 0.05) is 16.8 Å². The van der Waals surface area contributed by atoms with Gasteiger partial charge in [-0.1, -0.05) is 80.6 Å². The van der Waals surface area contributed by atoms with Crippen LogP contribution in [0.4, 0.5) is 17.1 Å². The van der Waals surface area contributed by atoms with E-state index in [0.717, 1.165) is 0 Å². The topological polar surface area (TPSA) is 3.24 Å². The van der Waals surface area contributed by atoms with Gasteiger partial charge in [-0.3, -0.25) is 0 Å². The summed E-state index contributed by atoms with van der Waals surface area (Å²) in [6.45, 7) is 4.52. The highest BCUT2D eigenvalue weighted by Gasteiger charge is 2.16. The van der Waals surface area contributed by atoms with Gasteiger partial charge in [-0.15, -0.1) is 0 Å². The molecule has 128 valence electrons. The van der Waals surface area contributed by atoms with Crippen LogP contribution in [0.15, 0.2) is 97.1 Å². The molecule has 0 aliphatic rings. The minimum atomic E-state index is 0.496. The van der Waals surface area contributed by atoms with Gasteiger partial charge in [0.2, 0.25) is 0 Å². The smallest absolute Gasteiger partial charge is 0.0540 e. The summed E-state index contributed by atoms with van der Waals surface area (Å²) in [6, 6.07) is 34.4. The molecule has 0 saturated heterocycles. The average molecular weight is 337 g/mol. The van der Waals surface area contributed by atoms with Gasteiger partial charge in [0.1, 0.15) is 0 Å². The Balaban J connectivity index is 2.00. The second kappa shape index (κ2) is 7.05. The molecule has 1 heteroatoms. The van der Waals surface area contributed by atoms with Gasteiger partial charge in [-0.05, 0) is 47.2 Å². The van der Waals surface area contributed by atoms with Crippen molar-refractivity contribution in [1.82, 2.24) is 0 Å². The van der Waals surface area contributed by atoms with Crippen molar-refractivity contribution < 1.29 is 0 Å². The van der Waals surface area contributed by atoms with Crippen LogP contribution in [-0.2, 0) is 0 Å². The number of benzene rings is 4. The highest BCUT2D eigenvalue weighted by atomic mass is 15.1. The van der Waals surface area contributed by atoms with Crippen LogP contribution in [0.2, 0.25) is 0 Å². The van der Waals surface area contributed by atoms with Gasteiger partial charge >= 0.3 is 0 Å². The molecular formula is C25H23N. The number of hydrogen-bond donors (Lipinski definition) is 0. The van der Waals surface area contributed by atoms with E-state index >= 15 is 0 Å². The molecule has 4 aromatic carbocycles. The van der Waals surface area contributed by atoms with Crippen LogP contribution in [0, 0.1) is 0 Å². The predicted octanol–water partition coefficient (Wildman–Crippen LogP) is 7.43. The lowest BCUT2D eigenvalue weighted by Gasteiger charge is -2.27. The zero-order valence-corrected chi connectivity index (χ0v) is 15.3. The first-order chi connectivity index (χ1) is 12.8. The van der Waals surface area contributed by atoms with Gasteiger partial charge in [-0.25, -0.2) is 0 Å². The van der Waals surface area contributed by atoms with E-state index in [9.17, 15) is 0 Å². The van der Waals surface area contributed by atoms with Crippen LogP contribution in [0.3, 0.4) is 0 Å². The van der Waals surface area contributed by atoms with Crippen molar-refractivity contribution in [2.45, 2.75) is 19.8 Å². The number of fused-ring (bicyclic) bond motifs is 1. The fraction of sp³-hybridized carbons (Fsp3) is 0.120. The Morgan fingerprint density at radius 1 is 0.538 bits per heavy atom. The lowest BCUT2D eigenvalue weighted by Crippen LogP contribution is -2.10. The van der Waals surface area contributed by atoms with Crippen molar-refractivity contribution in [1.29, 1.82) is 0 Å². The molecule has 0 aliphatic heterocycles. The van der Waals surface area contributed by atoms with E-state index in [0.29, 0.717) is 5.92 Å². The summed E-state index contributed by atoms with van der Waals surface area (Å²) in [6.07, 6.45) is 0. The van der Waals surface area contributed by atoms with E-state index in [1.807, 2.05) is 0 Å². The van der Waals surface area contributed by atoms with Crippen LogP contribution in [-0.4, -0.2) is 0 Å². The molecule has 0 aromatic heterocycles. The van der Waals surface area contributed by atoms with Crippen molar-refractivity contribution in [3.05, 3.63) is 103 Å². The third-order valence-electron chi connectivity index (χ3n) is 4.83. The molecule has 0 spiro atoms. The molecule has 1 nitrogen and oxygen atoms in total. The van der Waals surface area contributed by atoms with Crippen molar-refractivity contribution in [2.75, 3.05) is 4.90 Å². The molecule has 0 amide bonds. The lowest BCUT2D eigenvalue weighted by molar-refractivity contribution is 0.876. The summed E-state index contributed by atoms with van der Waals surface area (Å²) in [7, 11) is 0. The molecule has 0 fully saturated rings. The highest BCUT2D eigenvalue weighted by molar-refractivity contribution is 6.00. The summed E-state index contributed by atoms with van der Waals surface area (Å²) in [4.78, 5) is 2.34. The van der Waals surface area contributed by atoms with E-state index in [-0.39, 0.29) is 0 Å². The quantitative estimate of drug-likeness (QED) is 0.374. The van der Waals surface area contributed by atoms with Crippen LogP contribution in [0.1, 0.15) is 25.3 Å². The van der Waals surface area contributed by atoms with E-state index in [1.165, 1.54) is 33.4 Å². The zero-order chi connectivity index (χ0) is 17.9. The first kappa shape index (κ1) is 16.4. The summed E-state index contributed by atoms with van der Waals surface area (Å²) in [5.41, 5.74) is 4.94. The fourth-order valence-corrected chi connectivity index (χ4v) is 3.59. The third-order valence-corrected chi connectivity index (χ3v) is 4.83. The molecular weight excluding hydrogens is 314 g/mol. The summed E-state index contributed by atoms with van der Waals surface area (Å²) < 4.78 is 0. The zero-order valence-electron chi connectivity index (χ0n) is 15.3. The maximum atomic E-state index is 2.34. The Kier molecular flexibility index (Phi) is 4.45. The molecule has 0 aliphatic carbocycles. The van der Waals surface area contributed by atoms with E-state index in [2.05, 4.69) is 116 Å². The molecule has 4 rings (SSSR count). The van der Waals surface area contributed by atoms with Gasteiger partial charge in [0.25, 0.3) is 0 Å². The van der Waals surface area contributed by atoms with Crippen LogP contribution >= 0.6 is 0 Å². The number of nitrogens with zero attached hydrogens (tertiary/aromatic N) is 1. The van der Waals surface area contributed by atoms with Crippen LogP contribution in [0.5, 0.6) is 0 Å². The molecule has 0 atom stereocenters. The maximum absolute atomic E-state index is 2.34. The predicted molar refractivity (Wildman–Crippen MR) is 113 cm³/mol. The molecule has 0 bridgehead atoms. The number of hydrogen-bond acceptors (Lipinski definition) is 1. The molecule has 0 unspecified atom stereocenters. The molecule has 0 heterocycles. The Morgan fingerprint density at radius 3 is 1.58 bits per heavy atom. The average Bonchev–Trinajstić information content (AvgIpc) is 2.70. The Hall–Kier alpha value is -3.06. The first-order valence-corrected chi connectivity index (χ1v) is 9.17. The normalized spacial score (nSPS) is 11.0. The lowest BCUT2D eigenvalue weighted by atomic mass is 9.94. The van der Waals surface area contributed by atoms with Crippen molar-refractivity contribution >= 4 is 27.8 Å². The monoisotopic (exact) mass is 337 g/mol. The fourth-order valence-electron chi connectivity index (χ4n) is 3.59. The molecule has 0 saturated carbocycles. The van der Waals surface area contributed by atoms with Crippen molar-refractivity contribution in [3.8, 4) is 0 Å². The number of para-hydroxylation sites is 2. The van der Waals surface area contributed by atoms with Crippen molar-refractivity contribution in [3.63, 3.8) is 0 Å². The maximum Gasteiger partial charge on any atom is 0.0540 e. The molecule has 26 heavy (non-hydrogen) atoms. The minimum absolute atomic E-state index is 0.496. The Labute approximate surface area is 155 Å². The molecule has 0 radical (unpaired) electrons. The number of rotatable bonds is 4. The first-order valence-electron chi connectivity index (χ1n) is 9.17. The third kappa shape index (κ3) is 2.97. The molecule has 4 aromatic rings. The minimum Gasteiger partial charge on any atom is -0.310 e. The largest absolute Gasteiger partial charge is 0.310 e. The number of anilines is 3. The van der Waals surface area contributed by atoms with Gasteiger partial charge < -0.3 is 4.90 Å². The van der Waals surface area contributed by atoms with Crippen LogP contribution in [0.25, 0.3) is 10.8 Å². The van der Waals surface area contributed by atoms with Gasteiger partial charge in [-0.2, -0.15) is 0 Å². The second-order valence-electron chi connectivity index (χ2n) is 6.88. The summed E-state index contributed by atoms with van der Waals surface area (Å²) in [5, 5.41) is 2.61.